The molecule has 2 heteroatoms. The van der Waals surface area contributed by atoms with Crippen LogP contribution in [0.1, 0.15) is 34.7 Å². The van der Waals surface area contributed by atoms with E-state index < -0.39 is 0 Å². The summed E-state index contributed by atoms with van der Waals surface area (Å²) in [4.78, 5) is 9.11. The standard InChI is InChI=1S/C31H24N2/c1-3-4-20-33-30(32-2)24-15-11-19-28-29(24)23-14-7-10-18-27(23)31(28)25-16-8-5-12-21(25)22-13-6-9-17-26(22)31/h3-19H,2,20H2,1H3/b4-3+,33-30?. The largest absolute Gasteiger partial charge is 0.262 e. The average molecular weight is 425 g/mol. The summed E-state index contributed by atoms with van der Waals surface area (Å²) in [5.74, 6) is 0.691. The van der Waals surface area contributed by atoms with E-state index in [-0.39, 0.29) is 5.41 Å². The number of allylic oxidation sites excluding steroid dienone is 1. The molecule has 0 aliphatic heterocycles. The van der Waals surface area contributed by atoms with E-state index in [0.717, 1.165) is 5.56 Å². The molecule has 0 radical (unpaired) electrons. The zero-order valence-electron chi connectivity index (χ0n) is 18.6. The molecule has 0 fully saturated rings. The van der Waals surface area contributed by atoms with Crippen molar-refractivity contribution in [1.29, 1.82) is 0 Å². The first-order chi connectivity index (χ1) is 16.3. The number of benzene rings is 4. The lowest BCUT2D eigenvalue weighted by atomic mass is 9.70. The maximum Gasteiger partial charge on any atom is 0.154 e. The predicted molar refractivity (Wildman–Crippen MR) is 139 cm³/mol. The third kappa shape index (κ3) is 2.55. The van der Waals surface area contributed by atoms with Crippen molar-refractivity contribution in [3.63, 3.8) is 0 Å². The van der Waals surface area contributed by atoms with Crippen LogP contribution in [-0.4, -0.2) is 19.1 Å². The highest BCUT2D eigenvalue weighted by Crippen LogP contribution is 2.63. The highest BCUT2D eigenvalue weighted by atomic mass is 14.9. The van der Waals surface area contributed by atoms with Gasteiger partial charge in [0.05, 0.1) is 12.0 Å². The Kier molecular flexibility index (Phi) is 4.48. The first-order valence-electron chi connectivity index (χ1n) is 11.4. The average Bonchev–Trinajstić information content (AvgIpc) is 3.34. The van der Waals surface area contributed by atoms with Gasteiger partial charge < -0.3 is 0 Å². The molecule has 4 aromatic carbocycles. The Morgan fingerprint density at radius 3 is 1.88 bits per heavy atom. The van der Waals surface area contributed by atoms with Gasteiger partial charge in [-0.05, 0) is 58.1 Å². The van der Waals surface area contributed by atoms with E-state index in [1.807, 2.05) is 19.1 Å². The highest BCUT2D eigenvalue weighted by molar-refractivity contribution is 6.10. The minimum atomic E-state index is -0.343. The number of hydrogen-bond donors (Lipinski definition) is 0. The SMILES string of the molecule is C=NC(=NC/C=C/C)c1cccc2c1-c1ccccc1C21c2ccccc2-c2ccccc21. The fraction of sp³-hybridized carbons (Fsp3) is 0.0968. The zero-order chi connectivity index (χ0) is 22.4. The van der Waals surface area contributed by atoms with Crippen molar-refractivity contribution in [3.05, 3.63) is 131 Å². The highest BCUT2D eigenvalue weighted by Gasteiger charge is 2.52. The van der Waals surface area contributed by atoms with Crippen molar-refractivity contribution in [1.82, 2.24) is 0 Å². The Morgan fingerprint density at radius 2 is 1.27 bits per heavy atom. The van der Waals surface area contributed by atoms with Gasteiger partial charge in [0.1, 0.15) is 0 Å². The first-order valence-corrected chi connectivity index (χ1v) is 11.4. The third-order valence-corrected chi connectivity index (χ3v) is 6.99. The van der Waals surface area contributed by atoms with Crippen LogP contribution in [0.25, 0.3) is 22.3 Å². The lowest BCUT2D eigenvalue weighted by molar-refractivity contribution is 0.793. The van der Waals surface area contributed by atoms with Gasteiger partial charge in [0.25, 0.3) is 0 Å². The van der Waals surface area contributed by atoms with Crippen LogP contribution in [0.15, 0.2) is 113 Å². The molecule has 0 aromatic heterocycles. The van der Waals surface area contributed by atoms with Gasteiger partial charge in [-0.15, -0.1) is 0 Å². The monoisotopic (exact) mass is 424 g/mol. The summed E-state index contributed by atoms with van der Waals surface area (Å²) < 4.78 is 0. The molecule has 0 unspecified atom stereocenters. The molecule has 0 bridgehead atoms. The lowest BCUT2D eigenvalue weighted by Gasteiger charge is -2.30. The molecule has 4 aromatic rings. The molecule has 0 atom stereocenters. The molecular formula is C31H24N2. The Morgan fingerprint density at radius 1 is 0.727 bits per heavy atom. The van der Waals surface area contributed by atoms with Gasteiger partial charge in [0.15, 0.2) is 5.84 Å². The van der Waals surface area contributed by atoms with Crippen LogP contribution in [0, 0.1) is 0 Å². The molecule has 0 saturated heterocycles. The summed E-state index contributed by atoms with van der Waals surface area (Å²) in [6.45, 7) is 6.45. The predicted octanol–water partition coefficient (Wildman–Crippen LogP) is 7.05. The van der Waals surface area contributed by atoms with Crippen molar-refractivity contribution < 1.29 is 0 Å². The molecule has 158 valence electrons. The molecule has 0 saturated carbocycles. The number of nitrogens with zero attached hydrogens (tertiary/aromatic N) is 2. The molecule has 2 aliphatic rings. The quantitative estimate of drug-likeness (QED) is 0.165. The number of fused-ring (bicyclic) bond motifs is 10. The molecule has 2 aliphatic carbocycles. The van der Waals surface area contributed by atoms with Gasteiger partial charge in [-0.2, -0.15) is 0 Å². The van der Waals surface area contributed by atoms with E-state index in [2.05, 4.69) is 103 Å². The molecular weight excluding hydrogens is 400 g/mol. The summed E-state index contributed by atoms with van der Waals surface area (Å²) in [6.07, 6.45) is 4.05. The van der Waals surface area contributed by atoms with Gasteiger partial charge >= 0.3 is 0 Å². The van der Waals surface area contributed by atoms with Crippen LogP contribution >= 0.6 is 0 Å². The topological polar surface area (TPSA) is 24.7 Å². The van der Waals surface area contributed by atoms with E-state index >= 15 is 0 Å². The Bertz CT molecular complexity index is 1430. The van der Waals surface area contributed by atoms with Crippen molar-refractivity contribution in [2.45, 2.75) is 12.3 Å². The second kappa shape index (κ2) is 7.53. The maximum absolute atomic E-state index is 4.76. The minimum Gasteiger partial charge on any atom is -0.262 e. The molecule has 33 heavy (non-hydrogen) atoms. The van der Waals surface area contributed by atoms with Crippen LogP contribution < -0.4 is 0 Å². The van der Waals surface area contributed by atoms with E-state index in [0.29, 0.717) is 12.4 Å². The van der Waals surface area contributed by atoms with Crippen LogP contribution in [0.2, 0.25) is 0 Å². The van der Waals surface area contributed by atoms with Crippen LogP contribution in [0.3, 0.4) is 0 Å². The van der Waals surface area contributed by atoms with Gasteiger partial charge in [-0.3, -0.25) is 4.99 Å². The number of hydrogen-bond acceptors (Lipinski definition) is 1. The lowest BCUT2D eigenvalue weighted by Crippen LogP contribution is -2.25. The van der Waals surface area contributed by atoms with Gasteiger partial charge in [0.2, 0.25) is 0 Å². The van der Waals surface area contributed by atoms with E-state index in [4.69, 9.17) is 4.99 Å². The third-order valence-electron chi connectivity index (χ3n) is 6.99. The maximum atomic E-state index is 4.76. The van der Waals surface area contributed by atoms with Crippen LogP contribution in [-0.2, 0) is 5.41 Å². The van der Waals surface area contributed by atoms with Crippen molar-refractivity contribution in [2.75, 3.05) is 6.54 Å². The van der Waals surface area contributed by atoms with Crippen LogP contribution in [0.5, 0.6) is 0 Å². The number of rotatable bonds is 3. The molecule has 1 spiro atoms. The van der Waals surface area contributed by atoms with E-state index in [1.54, 1.807) is 0 Å². The van der Waals surface area contributed by atoms with Gasteiger partial charge in [0, 0.05) is 5.56 Å². The fourth-order valence-corrected chi connectivity index (χ4v) is 5.79. The molecule has 0 heterocycles. The first kappa shape index (κ1) is 19.6. The summed E-state index contributed by atoms with van der Waals surface area (Å²) >= 11 is 0. The van der Waals surface area contributed by atoms with Crippen molar-refractivity contribution in [3.8, 4) is 22.3 Å². The molecule has 0 N–H and O–H groups in total. The summed E-state index contributed by atoms with van der Waals surface area (Å²) in [5, 5.41) is 0. The Hall–Kier alpha value is -4.04. The Labute approximate surface area is 194 Å². The normalized spacial score (nSPS) is 14.8. The summed E-state index contributed by atoms with van der Waals surface area (Å²) in [5.41, 5.74) is 11.1. The second-order valence-corrected chi connectivity index (χ2v) is 8.51. The van der Waals surface area contributed by atoms with Crippen LogP contribution in [0.4, 0.5) is 0 Å². The molecule has 0 amide bonds. The van der Waals surface area contributed by atoms with E-state index in [9.17, 15) is 0 Å². The summed E-state index contributed by atoms with van der Waals surface area (Å²) in [6, 6.07) is 33.0. The van der Waals surface area contributed by atoms with Crippen molar-refractivity contribution >= 4 is 12.6 Å². The summed E-state index contributed by atoms with van der Waals surface area (Å²) in [7, 11) is 0. The zero-order valence-corrected chi connectivity index (χ0v) is 18.6. The smallest absolute Gasteiger partial charge is 0.154 e. The van der Waals surface area contributed by atoms with Gasteiger partial charge in [-0.25, -0.2) is 4.99 Å². The molecule has 2 nitrogen and oxygen atoms in total. The molecule has 6 rings (SSSR count). The second-order valence-electron chi connectivity index (χ2n) is 8.51. The number of aliphatic imine (C=N–C) groups is 2. The fourth-order valence-electron chi connectivity index (χ4n) is 5.79. The van der Waals surface area contributed by atoms with Crippen molar-refractivity contribution in [2.24, 2.45) is 9.98 Å². The number of amidine groups is 1. The minimum absolute atomic E-state index is 0.343. The Balaban J connectivity index is 1.74. The van der Waals surface area contributed by atoms with Gasteiger partial charge in [-0.1, -0.05) is 103 Å². The van der Waals surface area contributed by atoms with E-state index in [1.165, 1.54) is 44.5 Å².